The van der Waals surface area contributed by atoms with Crippen LogP contribution in [0.25, 0.3) is 6.08 Å². The molecule has 0 radical (unpaired) electrons. The van der Waals surface area contributed by atoms with Crippen LogP contribution in [0.2, 0.25) is 0 Å². The highest BCUT2D eigenvalue weighted by Crippen LogP contribution is 2.35. The summed E-state index contributed by atoms with van der Waals surface area (Å²) in [5.74, 6) is -0.698. The monoisotopic (exact) mass is 546 g/mol. The van der Waals surface area contributed by atoms with E-state index in [1.165, 1.54) is 29.3 Å². The molecule has 39 heavy (non-hydrogen) atoms. The Balaban J connectivity index is 1.53. The zero-order valence-corrected chi connectivity index (χ0v) is 22.4. The summed E-state index contributed by atoms with van der Waals surface area (Å²) >= 11 is 1.20. The quantitative estimate of drug-likeness (QED) is 0.420. The number of esters is 2. The van der Waals surface area contributed by atoms with Crippen molar-refractivity contribution in [3.05, 3.63) is 114 Å². The summed E-state index contributed by atoms with van der Waals surface area (Å²) < 4.78 is 23.9. The Hall–Kier alpha value is -4.44. The maximum atomic E-state index is 13.7. The van der Waals surface area contributed by atoms with Crippen LogP contribution in [0.15, 0.2) is 87.7 Å². The number of aromatic nitrogens is 1. The predicted molar refractivity (Wildman–Crippen MR) is 143 cm³/mol. The van der Waals surface area contributed by atoms with Crippen LogP contribution >= 0.6 is 11.3 Å². The van der Waals surface area contributed by atoms with Crippen LogP contribution in [0.3, 0.4) is 0 Å². The van der Waals surface area contributed by atoms with Crippen molar-refractivity contribution in [1.29, 1.82) is 0 Å². The SMILES string of the molecule is CCOC(=O)C1=C(C)N=c2sc(=Cc3ccc(C(=O)OC)cc3)c(=O)n2C1C1=COC(Cc2ccccc2)O1. The molecule has 0 saturated carbocycles. The topological polar surface area (TPSA) is 105 Å². The largest absolute Gasteiger partial charge is 0.465 e. The van der Waals surface area contributed by atoms with Gasteiger partial charge in [-0.05, 0) is 43.2 Å². The summed E-state index contributed by atoms with van der Waals surface area (Å²) in [6.07, 6.45) is 3.05. The molecule has 0 N–H and O–H groups in total. The lowest BCUT2D eigenvalue weighted by Gasteiger charge is -2.24. The first kappa shape index (κ1) is 26.2. The minimum absolute atomic E-state index is 0.168. The van der Waals surface area contributed by atoms with Gasteiger partial charge in [-0.3, -0.25) is 9.36 Å². The Morgan fingerprint density at radius 3 is 2.54 bits per heavy atom. The average molecular weight is 547 g/mol. The number of allylic oxidation sites excluding steroid dienone is 2. The second kappa shape index (κ2) is 11.1. The molecule has 0 amide bonds. The zero-order chi connectivity index (χ0) is 27.5. The average Bonchev–Trinajstić information content (AvgIpc) is 3.52. The number of thiazole rings is 1. The minimum Gasteiger partial charge on any atom is -0.465 e. The van der Waals surface area contributed by atoms with Crippen LogP contribution in [0, 0.1) is 0 Å². The van der Waals surface area contributed by atoms with E-state index in [0.29, 0.717) is 38.3 Å². The molecule has 0 bridgehead atoms. The van der Waals surface area contributed by atoms with Crippen molar-refractivity contribution in [2.24, 2.45) is 4.99 Å². The second-order valence-electron chi connectivity index (χ2n) is 8.81. The standard InChI is InChI=1S/C29H26N2O7S/c1-4-36-28(34)24-17(2)30-29-31(25(24)21-16-37-23(38-21)15-18-8-6-5-7-9-18)26(32)22(39-29)14-19-10-12-20(13-11-19)27(33)35-3/h5-14,16,23,25H,4,15H2,1-3H3. The molecule has 1 aromatic heterocycles. The molecule has 2 aliphatic heterocycles. The van der Waals surface area contributed by atoms with Gasteiger partial charge in [-0.2, -0.15) is 0 Å². The number of fused-ring (bicyclic) bond motifs is 1. The first-order valence-electron chi connectivity index (χ1n) is 12.3. The zero-order valence-electron chi connectivity index (χ0n) is 21.6. The van der Waals surface area contributed by atoms with Crippen LogP contribution in [0.5, 0.6) is 0 Å². The Bertz CT molecular complexity index is 1650. The van der Waals surface area contributed by atoms with E-state index < -0.39 is 24.3 Å². The molecular weight excluding hydrogens is 520 g/mol. The van der Waals surface area contributed by atoms with Crippen LogP contribution in [-0.4, -0.2) is 36.5 Å². The number of carbonyl (C=O) groups excluding carboxylic acids is 2. The number of hydrogen-bond donors (Lipinski definition) is 0. The van der Waals surface area contributed by atoms with Crippen molar-refractivity contribution >= 4 is 29.4 Å². The summed E-state index contributed by atoms with van der Waals surface area (Å²) in [4.78, 5) is 43.5. The molecule has 10 heteroatoms. The Kier molecular flexibility index (Phi) is 7.47. The lowest BCUT2D eigenvalue weighted by Crippen LogP contribution is -2.40. The van der Waals surface area contributed by atoms with Crippen molar-refractivity contribution in [2.45, 2.75) is 32.6 Å². The fourth-order valence-electron chi connectivity index (χ4n) is 4.42. The molecule has 2 aromatic carbocycles. The fourth-order valence-corrected chi connectivity index (χ4v) is 5.47. The molecule has 5 rings (SSSR count). The van der Waals surface area contributed by atoms with Gasteiger partial charge in [0.1, 0.15) is 12.3 Å². The van der Waals surface area contributed by atoms with Gasteiger partial charge in [0.25, 0.3) is 5.56 Å². The van der Waals surface area contributed by atoms with Crippen LogP contribution in [0.1, 0.15) is 41.4 Å². The third-order valence-corrected chi connectivity index (χ3v) is 7.25. The predicted octanol–water partition coefficient (Wildman–Crippen LogP) is 2.99. The van der Waals surface area contributed by atoms with Crippen molar-refractivity contribution in [3.8, 4) is 0 Å². The van der Waals surface area contributed by atoms with Gasteiger partial charge < -0.3 is 18.9 Å². The maximum Gasteiger partial charge on any atom is 0.338 e. The van der Waals surface area contributed by atoms with Gasteiger partial charge in [0, 0.05) is 6.42 Å². The number of rotatable bonds is 7. The number of hydrogen-bond acceptors (Lipinski definition) is 9. The van der Waals surface area contributed by atoms with Crippen LogP contribution < -0.4 is 14.9 Å². The summed E-state index contributed by atoms with van der Waals surface area (Å²) in [6.45, 7) is 3.59. The van der Waals surface area contributed by atoms with Crippen LogP contribution in [0.4, 0.5) is 0 Å². The number of nitrogens with zero attached hydrogens (tertiary/aromatic N) is 2. The van der Waals surface area contributed by atoms with Crippen LogP contribution in [-0.2, 0) is 30.2 Å². The number of ether oxygens (including phenoxy) is 4. The lowest BCUT2D eigenvalue weighted by molar-refractivity contribution is -0.139. The highest BCUT2D eigenvalue weighted by molar-refractivity contribution is 7.07. The molecule has 0 spiro atoms. The molecule has 2 atom stereocenters. The van der Waals surface area contributed by atoms with Gasteiger partial charge in [0.05, 0.1) is 35.1 Å². The fraction of sp³-hybridized carbons (Fsp3) is 0.241. The van der Waals surface area contributed by atoms with Gasteiger partial charge in [-0.15, -0.1) is 0 Å². The highest BCUT2D eigenvalue weighted by atomic mass is 32.1. The summed E-state index contributed by atoms with van der Waals surface area (Å²) in [5, 5.41) is 0. The number of carbonyl (C=O) groups is 2. The molecule has 0 fully saturated rings. The second-order valence-corrected chi connectivity index (χ2v) is 9.82. The Morgan fingerprint density at radius 2 is 1.85 bits per heavy atom. The summed E-state index contributed by atoms with van der Waals surface area (Å²) in [6, 6.07) is 15.5. The summed E-state index contributed by atoms with van der Waals surface area (Å²) in [5.41, 5.74) is 2.45. The highest BCUT2D eigenvalue weighted by Gasteiger charge is 2.39. The van der Waals surface area contributed by atoms with E-state index in [9.17, 15) is 14.4 Å². The molecule has 3 aromatic rings. The van der Waals surface area contributed by atoms with Crippen molar-refractivity contribution in [2.75, 3.05) is 13.7 Å². The van der Waals surface area contributed by atoms with Gasteiger partial charge in [0.2, 0.25) is 6.29 Å². The maximum absolute atomic E-state index is 13.7. The smallest absolute Gasteiger partial charge is 0.338 e. The molecule has 0 saturated heterocycles. The van der Waals surface area contributed by atoms with Crippen molar-refractivity contribution in [3.63, 3.8) is 0 Å². The van der Waals surface area contributed by atoms with Crippen molar-refractivity contribution in [1.82, 2.24) is 4.57 Å². The molecule has 0 aliphatic carbocycles. The summed E-state index contributed by atoms with van der Waals surface area (Å²) in [7, 11) is 1.32. The Morgan fingerprint density at radius 1 is 1.10 bits per heavy atom. The van der Waals surface area contributed by atoms with Gasteiger partial charge in [-0.1, -0.05) is 53.8 Å². The molecule has 2 aliphatic rings. The number of benzene rings is 2. The van der Waals surface area contributed by atoms with E-state index in [4.69, 9.17) is 18.9 Å². The van der Waals surface area contributed by atoms with Gasteiger partial charge in [-0.25, -0.2) is 14.6 Å². The van der Waals surface area contributed by atoms with E-state index in [0.717, 1.165) is 5.56 Å². The molecule has 200 valence electrons. The van der Waals surface area contributed by atoms with E-state index >= 15 is 0 Å². The van der Waals surface area contributed by atoms with E-state index in [1.54, 1.807) is 44.2 Å². The minimum atomic E-state index is -0.898. The molecule has 3 heterocycles. The van der Waals surface area contributed by atoms with Gasteiger partial charge in [0.15, 0.2) is 10.6 Å². The normalized spacial score (nSPS) is 18.4. The first-order chi connectivity index (χ1) is 18.9. The molecule has 2 unspecified atom stereocenters. The van der Waals surface area contributed by atoms with E-state index in [1.807, 2.05) is 30.3 Å². The third kappa shape index (κ3) is 5.28. The third-order valence-electron chi connectivity index (χ3n) is 6.26. The van der Waals surface area contributed by atoms with Crippen molar-refractivity contribution < 1.29 is 28.5 Å². The van der Waals surface area contributed by atoms with E-state index in [2.05, 4.69) is 4.99 Å². The molecular formula is C29H26N2O7S. The Labute approximate surface area is 227 Å². The lowest BCUT2D eigenvalue weighted by atomic mass is 10.0. The molecule has 9 nitrogen and oxygen atoms in total. The first-order valence-corrected chi connectivity index (χ1v) is 13.2. The van der Waals surface area contributed by atoms with Gasteiger partial charge >= 0.3 is 11.9 Å². The van der Waals surface area contributed by atoms with E-state index in [-0.39, 0.29) is 17.7 Å². The number of methoxy groups -OCH3 is 1.